The number of benzene rings is 1. The zero-order chi connectivity index (χ0) is 18.5. The molecule has 0 bridgehead atoms. The maximum atomic E-state index is 12.4. The van der Waals surface area contributed by atoms with Gasteiger partial charge >= 0.3 is 0 Å². The van der Waals surface area contributed by atoms with Gasteiger partial charge in [-0.1, -0.05) is 23.7 Å². The van der Waals surface area contributed by atoms with Gasteiger partial charge in [0.1, 0.15) is 11.5 Å². The molecule has 0 aliphatic heterocycles. The molecule has 1 fully saturated rings. The van der Waals surface area contributed by atoms with Gasteiger partial charge in [-0.15, -0.1) is 0 Å². The van der Waals surface area contributed by atoms with Crippen LogP contribution in [-0.2, 0) is 4.79 Å². The standard InChI is InChI=1S/C19H21ClN2O4/c1-25-15-8-13(9-21-10-15)19(12-6-14(23)7-12)22-18(24)11-26-17-5-3-2-4-16(17)20/h2-5,8-10,12,14,19,23H,6-7,11H2,1H3,(H,22,24)/t12?,14?,19-/m0/s1. The number of para-hydroxylation sites is 1. The van der Waals surface area contributed by atoms with E-state index < -0.39 is 0 Å². The Hall–Kier alpha value is -2.31. The van der Waals surface area contributed by atoms with Crippen molar-refractivity contribution in [2.24, 2.45) is 5.92 Å². The highest BCUT2D eigenvalue weighted by Gasteiger charge is 2.36. The molecule has 1 aromatic carbocycles. The first kappa shape index (κ1) is 18.5. The first-order valence-electron chi connectivity index (χ1n) is 8.40. The summed E-state index contributed by atoms with van der Waals surface area (Å²) in [6, 6.07) is 8.58. The van der Waals surface area contributed by atoms with E-state index in [1.54, 1.807) is 43.8 Å². The molecule has 0 spiro atoms. The monoisotopic (exact) mass is 376 g/mol. The Morgan fingerprint density at radius 2 is 2.15 bits per heavy atom. The summed E-state index contributed by atoms with van der Waals surface area (Å²) in [5, 5.41) is 13.1. The van der Waals surface area contributed by atoms with Crippen LogP contribution in [0.4, 0.5) is 0 Å². The number of pyridine rings is 1. The van der Waals surface area contributed by atoms with Gasteiger partial charge in [-0.3, -0.25) is 9.78 Å². The lowest BCUT2D eigenvalue weighted by Gasteiger charge is -2.38. The van der Waals surface area contributed by atoms with Crippen LogP contribution in [0.15, 0.2) is 42.7 Å². The van der Waals surface area contributed by atoms with Gasteiger partial charge in [0.15, 0.2) is 6.61 Å². The maximum Gasteiger partial charge on any atom is 0.258 e. The van der Waals surface area contributed by atoms with E-state index in [0.717, 1.165) is 5.56 Å². The Morgan fingerprint density at radius 3 is 2.85 bits per heavy atom. The van der Waals surface area contributed by atoms with Crippen LogP contribution in [0, 0.1) is 5.92 Å². The molecule has 0 unspecified atom stereocenters. The highest BCUT2D eigenvalue weighted by Crippen LogP contribution is 2.38. The number of aromatic nitrogens is 1. The first-order valence-corrected chi connectivity index (χ1v) is 8.78. The van der Waals surface area contributed by atoms with Crippen molar-refractivity contribution < 1.29 is 19.4 Å². The van der Waals surface area contributed by atoms with E-state index in [1.165, 1.54) is 0 Å². The highest BCUT2D eigenvalue weighted by atomic mass is 35.5. The third-order valence-electron chi connectivity index (χ3n) is 4.46. The molecule has 1 heterocycles. The third kappa shape index (κ3) is 4.45. The summed E-state index contributed by atoms with van der Waals surface area (Å²) in [5.41, 5.74) is 0.840. The number of nitrogens with zero attached hydrogens (tertiary/aromatic N) is 1. The van der Waals surface area contributed by atoms with Crippen LogP contribution in [-0.4, -0.2) is 35.8 Å². The van der Waals surface area contributed by atoms with Crippen molar-refractivity contribution in [1.29, 1.82) is 0 Å². The molecule has 26 heavy (non-hydrogen) atoms. The number of hydrogen-bond acceptors (Lipinski definition) is 5. The fourth-order valence-electron chi connectivity index (χ4n) is 3.01. The first-order chi connectivity index (χ1) is 12.6. The highest BCUT2D eigenvalue weighted by molar-refractivity contribution is 6.32. The summed E-state index contributed by atoms with van der Waals surface area (Å²) in [6.07, 6.45) is 4.25. The molecule has 138 valence electrons. The predicted octanol–water partition coefficient (Wildman–Crippen LogP) is 2.75. The lowest BCUT2D eigenvalue weighted by atomic mass is 9.75. The third-order valence-corrected chi connectivity index (χ3v) is 4.77. The molecule has 3 rings (SSSR count). The van der Waals surface area contributed by atoms with Crippen LogP contribution < -0.4 is 14.8 Å². The number of amides is 1. The Bertz CT molecular complexity index is 765. The zero-order valence-corrected chi connectivity index (χ0v) is 15.1. The summed E-state index contributed by atoms with van der Waals surface area (Å²) >= 11 is 6.03. The Labute approximate surface area is 157 Å². The van der Waals surface area contributed by atoms with Crippen molar-refractivity contribution in [3.05, 3.63) is 53.3 Å². The van der Waals surface area contributed by atoms with Gasteiger partial charge in [0.25, 0.3) is 5.91 Å². The molecule has 1 aromatic heterocycles. The SMILES string of the molecule is COc1cncc([C@@H](NC(=O)COc2ccccc2Cl)C2CC(O)C2)c1. The molecule has 1 amide bonds. The molecule has 1 aliphatic rings. The van der Waals surface area contributed by atoms with Gasteiger partial charge in [-0.2, -0.15) is 0 Å². The molecule has 6 nitrogen and oxygen atoms in total. The van der Waals surface area contributed by atoms with E-state index in [1.807, 2.05) is 6.07 Å². The topological polar surface area (TPSA) is 80.7 Å². The normalized spacial score (nSPS) is 20.0. The van der Waals surface area contributed by atoms with Crippen LogP contribution in [0.25, 0.3) is 0 Å². The number of carbonyl (C=O) groups is 1. The van der Waals surface area contributed by atoms with Crippen molar-refractivity contribution in [2.45, 2.75) is 25.0 Å². The van der Waals surface area contributed by atoms with Gasteiger partial charge in [-0.25, -0.2) is 0 Å². The minimum absolute atomic E-state index is 0.142. The van der Waals surface area contributed by atoms with Crippen LogP contribution in [0.5, 0.6) is 11.5 Å². The van der Waals surface area contributed by atoms with Gasteiger partial charge in [0, 0.05) is 6.20 Å². The molecule has 2 N–H and O–H groups in total. The van der Waals surface area contributed by atoms with Crippen LogP contribution in [0.3, 0.4) is 0 Å². The van der Waals surface area contributed by atoms with E-state index in [0.29, 0.717) is 29.4 Å². The summed E-state index contributed by atoms with van der Waals surface area (Å²) in [7, 11) is 1.57. The molecular weight excluding hydrogens is 356 g/mol. The van der Waals surface area contributed by atoms with E-state index in [-0.39, 0.29) is 30.6 Å². The number of rotatable bonds is 7. The average molecular weight is 377 g/mol. The molecule has 1 aliphatic carbocycles. The second-order valence-corrected chi connectivity index (χ2v) is 6.71. The van der Waals surface area contributed by atoms with Crippen LogP contribution in [0.2, 0.25) is 5.02 Å². The fourth-order valence-corrected chi connectivity index (χ4v) is 3.20. The van der Waals surface area contributed by atoms with Crippen LogP contribution >= 0.6 is 11.6 Å². The Balaban J connectivity index is 1.67. The number of aliphatic hydroxyl groups is 1. The summed E-state index contributed by atoms with van der Waals surface area (Å²) < 4.78 is 10.7. The number of aliphatic hydroxyl groups excluding tert-OH is 1. The Morgan fingerprint density at radius 1 is 1.38 bits per heavy atom. The summed E-state index contributed by atoms with van der Waals surface area (Å²) in [6.45, 7) is -0.146. The number of nitrogens with one attached hydrogen (secondary N) is 1. The number of carbonyl (C=O) groups excluding carboxylic acids is 1. The van der Waals surface area contributed by atoms with Crippen molar-refractivity contribution in [2.75, 3.05) is 13.7 Å². The number of hydrogen-bond donors (Lipinski definition) is 2. The number of halogens is 1. The number of ether oxygens (including phenoxy) is 2. The van der Waals surface area contributed by atoms with Crippen LogP contribution in [0.1, 0.15) is 24.4 Å². The van der Waals surface area contributed by atoms with E-state index in [2.05, 4.69) is 10.3 Å². The molecule has 0 saturated heterocycles. The average Bonchev–Trinajstić information content (AvgIpc) is 2.63. The van der Waals surface area contributed by atoms with Crippen molar-refractivity contribution >= 4 is 17.5 Å². The molecular formula is C19H21ClN2O4. The molecule has 1 atom stereocenters. The quantitative estimate of drug-likeness (QED) is 0.776. The molecule has 2 aromatic rings. The Kier molecular flexibility index (Phi) is 5.96. The van der Waals surface area contributed by atoms with Gasteiger partial charge < -0.3 is 19.9 Å². The summed E-state index contributed by atoms with van der Waals surface area (Å²) in [4.78, 5) is 16.6. The smallest absolute Gasteiger partial charge is 0.258 e. The lowest BCUT2D eigenvalue weighted by molar-refractivity contribution is -0.125. The fraction of sp³-hybridized carbons (Fsp3) is 0.368. The summed E-state index contributed by atoms with van der Waals surface area (Å²) in [5.74, 6) is 0.958. The molecule has 0 radical (unpaired) electrons. The zero-order valence-electron chi connectivity index (χ0n) is 14.4. The molecule has 7 heteroatoms. The minimum Gasteiger partial charge on any atom is -0.495 e. The van der Waals surface area contributed by atoms with Gasteiger partial charge in [0.05, 0.1) is 30.5 Å². The second-order valence-electron chi connectivity index (χ2n) is 6.31. The second kappa shape index (κ2) is 8.38. The molecule has 1 saturated carbocycles. The van der Waals surface area contributed by atoms with E-state index in [4.69, 9.17) is 21.1 Å². The minimum atomic E-state index is -0.322. The van der Waals surface area contributed by atoms with E-state index >= 15 is 0 Å². The van der Waals surface area contributed by atoms with Gasteiger partial charge in [-0.05, 0) is 42.5 Å². The number of methoxy groups -OCH3 is 1. The van der Waals surface area contributed by atoms with Crippen molar-refractivity contribution in [1.82, 2.24) is 10.3 Å². The largest absolute Gasteiger partial charge is 0.495 e. The van der Waals surface area contributed by atoms with Gasteiger partial charge in [0.2, 0.25) is 0 Å². The van der Waals surface area contributed by atoms with E-state index in [9.17, 15) is 9.90 Å². The lowest BCUT2D eigenvalue weighted by Crippen LogP contribution is -2.42. The maximum absolute atomic E-state index is 12.4. The predicted molar refractivity (Wildman–Crippen MR) is 97.4 cm³/mol. The van der Waals surface area contributed by atoms with Crippen molar-refractivity contribution in [3.63, 3.8) is 0 Å². The van der Waals surface area contributed by atoms with Crippen molar-refractivity contribution in [3.8, 4) is 11.5 Å².